The van der Waals surface area contributed by atoms with Gasteiger partial charge in [0, 0.05) is 6.61 Å². The van der Waals surface area contributed by atoms with Crippen LogP contribution in [0.3, 0.4) is 0 Å². The molecule has 0 saturated carbocycles. The molecule has 1 heteroatoms. The van der Waals surface area contributed by atoms with E-state index in [2.05, 4.69) is 27.7 Å². The fourth-order valence-electron chi connectivity index (χ4n) is 0.378. The van der Waals surface area contributed by atoms with E-state index >= 15 is 0 Å². The van der Waals surface area contributed by atoms with E-state index in [4.69, 9.17) is 4.74 Å². The summed E-state index contributed by atoms with van der Waals surface area (Å²) in [5, 5.41) is 0. The maximum atomic E-state index is 5.27. The van der Waals surface area contributed by atoms with Gasteiger partial charge in [-0.25, -0.2) is 0 Å². The van der Waals surface area contributed by atoms with Crippen molar-refractivity contribution in [1.29, 1.82) is 0 Å². The lowest BCUT2D eigenvalue weighted by atomic mass is 10.1. The van der Waals surface area contributed by atoms with Gasteiger partial charge in [-0.3, -0.25) is 0 Å². The highest BCUT2D eigenvalue weighted by molar-refractivity contribution is 4.64. The van der Waals surface area contributed by atoms with Crippen LogP contribution in [0.2, 0.25) is 0 Å². The molecule has 0 saturated heterocycles. The highest BCUT2D eigenvalue weighted by Gasteiger charge is 2.12. The van der Waals surface area contributed by atoms with E-state index in [1.807, 2.05) is 0 Å². The zero-order valence-corrected chi connectivity index (χ0v) is 6.03. The summed E-state index contributed by atoms with van der Waals surface area (Å²) >= 11 is 0. The third kappa shape index (κ3) is 3.03. The van der Waals surface area contributed by atoms with Gasteiger partial charge in [-0.2, -0.15) is 0 Å². The van der Waals surface area contributed by atoms with Gasteiger partial charge in [0.2, 0.25) is 0 Å². The molecule has 8 heavy (non-hydrogen) atoms. The molecule has 0 heterocycles. The van der Waals surface area contributed by atoms with Crippen LogP contribution in [0.1, 0.15) is 27.2 Å². The largest absolute Gasteiger partial charge is 0.376 e. The standard InChI is InChI=1S/C7H15O/c1-5-7(3,4)8-6-2/h2,5-6H2,1,3-4H3. The molecule has 0 bridgehead atoms. The Hall–Kier alpha value is -0.0400. The van der Waals surface area contributed by atoms with Gasteiger partial charge in [0.15, 0.2) is 0 Å². The van der Waals surface area contributed by atoms with Crippen molar-refractivity contribution in [3.8, 4) is 0 Å². The second-order valence-corrected chi connectivity index (χ2v) is 2.46. The third-order valence-corrected chi connectivity index (χ3v) is 1.34. The quantitative estimate of drug-likeness (QED) is 0.546. The average molecular weight is 115 g/mol. The second kappa shape index (κ2) is 3.08. The van der Waals surface area contributed by atoms with Crippen LogP contribution in [0.4, 0.5) is 0 Å². The Kier molecular flexibility index (Phi) is 3.06. The SMILES string of the molecule is [CH2]COC(C)(C)CC. The van der Waals surface area contributed by atoms with E-state index in [1.54, 1.807) is 0 Å². The van der Waals surface area contributed by atoms with Crippen molar-refractivity contribution in [2.75, 3.05) is 6.61 Å². The van der Waals surface area contributed by atoms with Gasteiger partial charge >= 0.3 is 0 Å². The summed E-state index contributed by atoms with van der Waals surface area (Å²) in [7, 11) is 0. The second-order valence-electron chi connectivity index (χ2n) is 2.46. The Balaban J connectivity index is 3.37. The number of hydrogen-bond donors (Lipinski definition) is 0. The van der Waals surface area contributed by atoms with Crippen molar-refractivity contribution < 1.29 is 4.74 Å². The minimum absolute atomic E-state index is 0.0295. The van der Waals surface area contributed by atoms with Gasteiger partial charge in [-0.15, -0.1) is 0 Å². The fourth-order valence-corrected chi connectivity index (χ4v) is 0.378. The molecular formula is C7H15O. The number of hydrogen-bond acceptors (Lipinski definition) is 1. The van der Waals surface area contributed by atoms with Crippen molar-refractivity contribution in [3.05, 3.63) is 6.92 Å². The van der Waals surface area contributed by atoms with Gasteiger partial charge in [0.25, 0.3) is 0 Å². The van der Waals surface area contributed by atoms with Crippen LogP contribution in [-0.4, -0.2) is 12.2 Å². The lowest BCUT2D eigenvalue weighted by molar-refractivity contribution is -0.00435. The molecule has 1 radical (unpaired) electrons. The molecule has 0 unspecified atom stereocenters. The molecule has 0 rings (SSSR count). The molecule has 0 spiro atoms. The van der Waals surface area contributed by atoms with Crippen LogP contribution in [-0.2, 0) is 4.74 Å². The number of ether oxygens (including phenoxy) is 1. The van der Waals surface area contributed by atoms with Gasteiger partial charge in [0.1, 0.15) is 0 Å². The molecule has 0 aromatic heterocycles. The van der Waals surface area contributed by atoms with Gasteiger partial charge in [-0.1, -0.05) is 6.92 Å². The lowest BCUT2D eigenvalue weighted by Gasteiger charge is -2.21. The first-order valence-electron chi connectivity index (χ1n) is 3.05. The normalized spacial score (nSPS) is 12.0. The van der Waals surface area contributed by atoms with Gasteiger partial charge in [0.05, 0.1) is 5.60 Å². The maximum absolute atomic E-state index is 5.27. The van der Waals surface area contributed by atoms with Crippen LogP contribution >= 0.6 is 0 Å². The monoisotopic (exact) mass is 115 g/mol. The highest BCUT2D eigenvalue weighted by Crippen LogP contribution is 2.11. The molecule has 0 aliphatic heterocycles. The topological polar surface area (TPSA) is 9.23 Å². The van der Waals surface area contributed by atoms with Crippen molar-refractivity contribution in [3.63, 3.8) is 0 Å². The van der Waals surface area contributed by atoms with Crippen LogP contribution in [0.15, 0.2) is 0 Å². The zero-order chi connectivity index (χ0) is 6.62. The third-order valence-electron chi connectivity index (χ3n) is 1.34. The van der Waals surface area contributed by atoms with Crippen molar-refractivity contribution in [1.82, 2.24) is 0 Å². The molecular weight excluding hydrogens is 100 g/mol. The molecule has 49 valence electrons. The van der Waals surface area contributed by atoms with Crippen molar-refractivity contribution in [2.24, 2.45) is 0 Å². The summed E-state index contributed by atoms with van der Waals surface area (Å²) < 4.78 is 5.27. The van der Waals surface area contributed by atoms with E-state index in [0.717, 1.165) is 6.42 Å². The van der Waals surface area contributed by atoms with E-state index < -0.39 is 0 Å². The van der Waals surface area contributed by atoms with Crippen LogP contribution in [0.25, 0.3) is 0 Å². The lowest BCUT2D eigenvalue weighted by Crippen LogP contribution is -2.22. The molecule has 0 aliphatic rings. The van der Waals surface area contributed by atoms with Gasteiger partial charge < -0.3 is 4.74 Å². The van der Waals surface area contributed by atoms with Crippen LogP contribution in [0, 0.1) is 6.92 Å². The molecule has 1 nitrogen and oxygen atoms in total. The first-order chi connectivity index (χ1) is 3.62. The Morgan fingerprint density at radius 1 is 1.50 bits per heavy atom. The predicted molar refractivity (Wildman–Crippen MR) is 35.7 cm³/mol. The van der Waals surface area contributed by atoms with Crippen molar-refractivity contribution >= 4 is 0 Å². The predicted octanol–water partition coefficient (Wildman–Crippen LogP) is 2.03. The maximum Gasteiger partial charge on any atom is 0.0623 e. The first kappa shape index (κ1) is 7.96. The number of rotatable bonds is 3. The summed E-state index contributed by atoms with van der Waals surface area (Å²) in [6.07, 6.45) is 1.04. The molecule has 0 N–H and O–H groups in total. The van der Waals surface area contributed by atoms with E-state index in [9.17, 15) is 0 Å². The molecule has 0 aliphatic carbocycles. The Bertz CT molecular complexity index is 57.4. The van der Waals surface area contributed by atoms with Crippen LogP contribution in [0.5, 0.6) is 0 Å². The molecule has 0 aromatic carbocycles. The summed E-state index contributed by atoms with van der Waals surface area (Å²) in [6, 6.07) is 0. The smallest absolute Gasteiger partial charge is 0.0623 e. The molecule has 0 fully saturated rings. The summed E-state index contributed by atoms with van der Waals surface area (Å²) in [4.78, 5) is 0. The van der Waals surface area contributed by atoms with E-state index in [-0.39, 0.29) is 5.60 Å². The summed E-state index contributed by atoms with van der Waals surface area (Å²) in [6.45, 7) is 10.4. The first-order valence-corrected chi connectivity index (χ1v) is 3.05. The average Bonchev–Trinajstić information content (AvgIpc) is 1.67. The minimum atomic E-state index is 0.0295. The van der Waals surface area contributed by atoms with Crippen LogP contribution < -0.4 is 0 Å². The van der Waals surface area contributed by atoms with E-state index in [0.29, 0.717) is 6.61 Å². The van der Waals surface area contributed by atoms with Crippen molar-refractivity contribution in [2.45, 2.75) is 32.8 Å². The highest BCUT2D eigenvalue weighted by atomic mass is 16.5. The fraction of sp³-hybridized carbons (Fsp3) is 0.857. The molecule has 0 amide bonds. The molecule has 0 aromatic rings. The summed E-state index contributed by atoms with van der Waals surface area (Å²) in [5.41, 5.74) is 0.0295. The Morgan fingerprint density at radius 2 is 2.00 bits per heavy atom. The molecule has 0 atom stereocenters. The van der Waals surface area contributed by atoms with Gasteiger partial charge in [-0.05, 0) is 27.2 Å². The minimum Gasteiger partial charge on any atom is -0.376 e. The Labute approximate surface area is 52.0 Å². The zero-order valence-electron chi connectivity index (χ0n) is 6.03. The van der Waals surface area contributed by atoms with E-state index in [1.165, 1.54) is 0 Å². The summed E-state index contributed by atoms with van der Waals surface area (Å²) in [5.74, 6) is 0. The Morgan fingerprint density at radius 3 is 2.12 bits per heavy atom.